The molecule has 0 fully saturated rings. The lowest BCUT2D eigenvalue weighted by molar-refractivity contribution is 0.107. The lowest BCUT2D eigenvalue weighted by Gasteiger charge is -2.20. The van der Waals surface area contributed by atoms with Gasteiger partial charge in [-0.25, -0.2) is 13.1 Å². The van der Waals surface area contributed by atoms with Gasteiger partial charge in [-0.2, -0.15) is 0 Å². The molecule has 0 bridgehead atoms. The zero-order chi connectivity index (χ0) is 13.3. The minimum absolute atomic E-state index is 0.0591. The Morgan fingerprint density at radius 3 is 2.29 bits per heavy atom. The Bertz CT molecular complexity index is 275. The van der Waals surface area contributed by atoms with Crippen LogP contribution in [0.4, 0.5) is 0 Å². The molecular formula is C11H25NO4S. The molecule has 0 aromatic heterocycles. The number of hydrogen-bond donors (Lipinski definition) is 2. The van der Waals surface area contributed by atoms with Crippen molar-refractivity contribution in [1.82, 2.24) is 4.72 Å². The summed E-state index contributed by atoms with van der Waals surface area (Å²) in [6, 6.07) is 0. The van der Waals surface area contributed by atoms with Gasteiger partial charge in [-0.15, -0.1) is 0 Å². The van der Waals surface area contributed by atoms with Gasteiger partial charge >= 0.3 is 0 Å². The molecule has 0 rings (SSSR count). The third kappa shape index (κ3) is 7.70. The third-order valence-electron chi connectivity index (χ3n) is 2.81. The number of hydrogen-bond acceptors (Lipinski definition) is 4. The Hall–Kier alpha value is -0.170. The molecule has 0 aromatic carbocycles. The van der Waals surface area contributed by atoms with Crippen molar-refractivity contribution in [1.29, 1.82) is 0 Å². The first-order valence-corrected chi connectivity index (χ1v) is 7.85. The predicted octanol–water partition coefficient (Wildman–Crippen LogP) is 0.739. The van der Waals surface area contributed by atoms with Gasteiger partial charge in [0.15, 0.2) is 0 Å². The smallest absolute Gasteiger partial charge is 0.213 e. The van der Waals surface area contributed by atoms with E-state index in [1.807, 2.05) is 20.8 Å². The molecule has 1 atom stereocenters. The maximum absolute atomic E-state index is 11.5. The van der Waals surface area contributed by atoms with Crippen molar-refractivity contribution in [2.45, 2.75) is 39.7 Å². The highest BCUT2D eigenvalue weighted by atomic mass is 32.2. The molecule has 0 saturated heterocycles. The number of ether oxygens (including phenoxy) is 1. The highest BCUT2D eigenvalue weighted by molar-refractivity contribution is 7.89. The summed E-state index contributed by atoms with van der Waals surface area (Å²) in [7, 11) is -3.33. The minimum atomic E-state index is -3.33. The van der Waals surface area contributed by atoms with Gasteiger partial charge in [0.05, 0.1) is 18.5 Å². The Morgan fingerprint density at radius 2 is 1.82 bits per heavy atom. The van der Waals surface area contributed by atoms with Gasteiger partial charge in [-0.3, -0.25) is 0 Å². The molecule has 0 aliphatic carbocycles. The number of aliphatic hydroxyl groups excluding tert-OH is 1. The molecule has 0 aromatic rings. The van der Waals surface area contributed by atoms with E-state index in [1.54, 1.807) is 0 Å². The van der Waals surface area contributed by atoms with Gasteiger partial charge in [0, 0.05) is 13.2 Å². The van der Waals surface area contributed by atoms with E-state index in [0.29, 0.717) is 6.61 Å². The number of nitrogens with one attached hydrogen (secondary N) is 1. The molecule has 0 aliphatic rings. The SMILES string of the molecule is CCOCCS(=O)(=O)NCC(O)C(CC)CC. The molecule has 0 radical (unpaired) electrons. The second-order valence-corrected chi connectivity index (χ2v) is 5.93. The van der Waals surface area contributed by atoms with Crippen LogP contribution in [0.3, 0.4) is 0 Å². The maximum atomic E-state index is 11.5. The van der Waals surface area contributed by atoms with Gasteiger partial charge in [-0.1, -0.05) is 26.7 Å². The zero-order valence-corrected chi connectivity index (χ0v) is 11.8. The molecular weight excluding hydrogens is 242 g/mol. The molecule has 5 nitrogen and oxygen atoms in total. The fourth-order valence-electron chi connectivity index (χ4n) is 1.60. The summed E-state index contributed by atoms with van der Waals surface area (Å²) in [4.78, 5) is 0. The second kappa shape index (κ2) is 8.85. The van der Waals surface area contributed by atoms with Crippen LogP contribution in [-0.4, -0.2) is 45.1 Å². The summed E-state index contributed by atoms with van der Waals surface area (Å²) in [5.41, 5.74) is 0. The van der Waals surface area contributed by atoms with E-state index >= 15 is 0 Å². The molecule has 0 saturated carbocycles. The molecule has 2 N–H and O–H groups in total. The minimum Gasteiger partial charge on any atom is -0.391 e. The molecule has 0 aliphatic heterocycles. The number of rotatable bonds is 10. The standard InChI is InChI=1S/C11H25NO4S/c1-4-10(5-2)11(13)9-12-17(14,15)8-7-16-6-3/h10-13H,4-9H2,1-3H3. The largest absolute Gasteiger partial charge is 0.391 e. The first-order chi connectivity index (χ1) is 7.96. The number of sulfonamides is 1. The molecule has 17 heavy (non-hydrogen) atoms. The van der Waals surface area contributed by atoms with Crippen LogP contribution in [0.1, 0.15) is 33.6 Å². The molecule has 0 spiro atoms. The van der Waals surface area contributed by atoms with Gasteiger partial charge in [-0.05, 0) is 12.8 Å². The molecule has 0 amide bonds. The summed E-state index contributed by atoms with van der Waals surface area (Å²) < 4.78 is 30.4. The van der Waals surface area contributed by atoms with Crippen molar-refractivity contribution < 1.29 is 18.3 Å². The van der Waals surface area contributed by atoms with Gasteiger partial charge in [0.1, 0.15) is 0 Å². The van der Waals surface area contributed by atoms with E-state index in [-0.39, 0.29) is 24.8 Å². The van der Waals surface area contributed by atoms with E-state index in [4.69, 9.17) is 4.74 Å². The first-order valence-electron chi connectivity index (χ1n) is 6.19. The first kappa shape index (κ1) is 16.8. The van der Waals surface area contributed by atoms with Crippen LogP contribution in [0.25, 0.3) is 0 Å². The Morgan fingerprint density at radius 1 is 1.24 bits per heavy atom. The van der Waals surface area contributed by atoms with E-state index in [0.717, 1.165) is 12.8 Å². The van der Waals surface area contributed by atoms with E-state index in [2.05, 4.69) is 4.72 Å². The lowest BCUT2D eigenvalue weighted by Crippen LogP contribution is -2.37. The highest BCUT2D eigenvalue weighted by Gasteiger charge is 2.18. The predicted molar refractivity (Wildman–Crippen MR) is 68.4 cm³/mol. The Kier molecular flexibility index (Phi) is 8.77. The van der Waals surface area contributed by atoms with Gasteiger partial charge in [0.25, 0.3) is 0 Å². The lowest BCUT2D eigenvalue weighted by atomic mass is 9.97. The average molecular weight is 267 g/mol. The van der Waals surface area contributed by atoms with Crippen molar-refractivity contribution in [2.24, 2.45) is 5.92 Å². The summed E-state index contributed by atoms with van der Waals surface area (Å²) in [6.45, 7) is 6.57. The van der Waals surface area contributed by atoms with Gasteiger partial charge < -0.3 is 9.84 Å². The van der Waals surface area contributed by atoms with Crippen molar-refractivity contribution in [3.8, 4) is 0 Å². The molecule has 6 heteroatoms. The molecule has 104 valence electrons. The normalized spacial score (nSPS) is 14.2. The second-order valence-electron chi connectivity index (χ2n) is 4.01. The van der Waals surface area contributed by atoms with Crippen molar-refractivity contribution in [3.05, 3.63) is 0 Å². The van der Waals surface area contributed by atoms with Crippen LogP contribution in [0, 0.1) is 5.92 Å². The van der Waals surface area contributed by atoms with Crippen LogP contribution in [0.5, 0.6) is 0 Å². The fraction of sp³-hybridized carbons (Fsp3) is 1.00. The summed E-state index contributed by atoms with van der Waals surface area (Å²) >= 11 is 0. The Balaban J connectivity index is 4.00. The van der Waals surface area contributed by atoms with Crippen LogP contribution in [-0.2, 0) is 14.8 Å². The molecule has 1 unspecified atom stereocenters. The van der Waals surface area contributed by atoms with E-state index in [9.17, 15) is 13.5 Å². The third-order valence-corrected chi connectivity index (χ3v) is 4.12. The van der Waals surface area contributed by atoms with Crippen molar-refractivity contribution >= 4 is 10.0 Å². The average Bonchev–Trinajstić information content (AvgIpc) is 2.28. The van der Waals surface area contributed by atoms with Gasteiger partial charge in [0.2, 0.25) is 10.0 Å². The van der Waals surface area contributed by atoms with Crippen LogP contribution < -0.4 is 4.72 Å². The van der Waals surface area contributed by atoms with E-state index < -0.39 is 16.1 Å². The quantitative estimate of drug-likeness (QED) is 0.572. The van der Waals surface area contributed by atoms with Crippen LogP contribution >= 0.6 is 0 Å². The molecule has 0 heterocycles. The fourth-order valence-corrected chi connectivity index (χ4v) is 2.50. The summed E-state index contributed by atoms with van der Waals surface area (Å²) in [5, 5.41) is 9.79. The van der Waals surface area contributed by atoms with Crippen LogP contribution in [0.15, 0.2) is 0 Å². The summed E-state index contributed by atoms with van der Waals surface area (Å²) in [5.74, 6) is 0.0841. The maximum Gasteiger partial charge on any atom is 0.213 e. The topological polar surface area (TPSA) is 75.6 Å². The van der Waals surface area contributed by atoms with Crippen LogP contribution in [0.2, 0.25) is 0 Å². The number of aliphatic hydroxyl groups is 1. The summed E-state index contributed by atoms with van der Waals surface area (Å²) in [6.07, 6.45) is 1.07. The van der Waals surface area contributed by atoms with E-state index in [1.165, 1.54) is 0 Å². The van der Waals surface area contributed by atoms with Crippen molar-refractivity contribution in [3.63, 3.8) is 0 Å². The monoisotopic (exact) mass is 267 g/mol. The highest BCUT2D eigenvalue weighted by Crippen LogP contribution is 2.12. The Labute approximate surface area is 105 Å². The zero-order valence-electron chi connectivity index (χ0n) is 11.0. The van der Waals surface area contributed by atoms with Crippen molar-refractivity contribution in [2.75, 3.05) is 25.5 Å².